The second kappa shape index (κ2) is 55.0. The highest BCUT2D eigenvalue weighted by Crippen LogP contribution is 2.38. The first-order chi connectivity index (χ1) is 35.5. The third kappa shape index (κ3) is 59.3. The maximum atomic E-state index is 12.8. The van der Waals surface area contributed by atoms with Crippen LogP contribution in [0.25, 0.3) is 0 Å². The molecule has 0 amide bonds. The van der Waals surface area contributed by atoms with Crippen molar-refractivity contribution in [2.45, 2.75) is 309 Å². The summed E-state index contributed by atoms with van der Waals surface area (Å²) in [4.78, 5) is 37.9. The number of ether oxygens (including phenoxy) is 2. The summed E-state index contributed by atoms with van der Waals surface area (Å²) in [6.45, 7) is 4.28. The summed E-state index contributed by atoms with van der Waals surface area (Å²) < 4.78 is 34.2. The van der Waals surface area contributed by atoms with E-state index in [4.69, 9.17) is 18.5 Å². The summed E-state index contributed by atoms with van der Waals surface area (Å²) in [7, 11) is 1.18. The van der Waals surface area contributed by atoms with E-state index in [-0.39, 0.29) is 32.0 Å². The molecule has 0 N–H and O–H groups in total. The molecule has 73 heavy (non-hydrogen) atoms. The predicted octanol–water partition coefficient (Wildman–Crippen LogP) is 18.9. The largest absolute Gasteiger partial charge is 0.756 e. The fraction of sp³-hybridized carbons (Fsp3) is 0.873. The number of esters is 2. The molecular formula is C63H120NO8P. The number of carbonyl (C=O) groups excluding carboxylic acids is 2. The Bertz CT molecular complexity index is 1330. The van der Waals surface area contributed by atoms with Gasteiger partial charge in [0.15, 0.2) is 6.10 Å². The van der Waals surface area contributed by atoms with Crippen molar-refractivity contribution in [1.29, 1.82) is 0 Å². The summed E-state index contributed by atoms with van der Waals surface area (Å²) in [5.74, 6) is -0.819. The number of hydrogen-bond donors (Lipinski definition) is 0. The van der Waals surface area contributed by atoms with Gasteiger partial charge in [0.1, 0.15) is 19.8 Å². The number of likely N-dealkylation sites (N-methyl/N-ethyl adjacent to an activating group) is 1. The van der Waals surface area contributed by atoms with E-state index < -0.39 is 26.5 Å². The highest BCUT2D eigenvalue weighted by molar-refractivity contribution is 7.45. The molecule has 0 fully saturated rings. The lowest BCUT2D eigenvalue weighted by atomic mass is 10.0. The molecule has 0 aromatic rings. The summed E-state index contributed by atoms with van der Waals surface area (Å²) in [6.07, 6.45) is 67.7. The van der Waals surface area contributed by atoms with E-state index in [0.29, 0.717) is 17.4 Å². The number of unbranched alkanes of at least 4 members (excludes halogenated alkanes) is 38. The Balaban J connectivity index is 4.10. The number of phosphoric acid groups is 1. The van der Waals surface area contributed by atoms with E-state index >= 15 is 0 Å². The van der Waals surface area contributed by atoms with Crippen LogP contribution in [0, 0.1) is 0 Å². The monoisotopic (exact) mass is 1050 g/mol. The molecule has 2 unspecified atom stereocenters. The van der Waals surface area contributed by atoms with Crippen molar-refractivity contribution in [2.24, 2.45) is 0 Å². The second-order valence-corrected chi connectivity index (χ2v) is 23.8. The Morgan fingerprint density at radius 1 is 0.425 bits per heavy atom. The number of phosphoric ester groups is 1. The first-order valence-electron chi connectivity index (χ1n) is 31.2. The van der Waals surface area contributed by atoms with E-state index in [2.05, 4.69) is 50.3 Å². The van der Waals surface area contributed by atoms with Gasteiger partial charge < -0.3 is 27.9 Å². The Kier molecular flexibility index (Phi) is 53.7. The number of hydrogen-bond acceptors (Lipinski definition) is 8. The topological polar surface area (TPSA) is 111 Å². The van der Waals surface area contributed by atoms with Crippen LogP contribution in [-0.2, 0) is 32.7 Å². The molecule has 0 heterocycles. The molecule has 430 valence electrons. The Labute approximate surface area is 452 Å². The number of carbonyl (C=O) groups is 2. The summed E-state index contributed by atoms with van der Waals surface area (Å²) in [5, 5.41) is 0. The summed E-state index contributed by atoms with van der Waals surface area (Å²) in [6, 6.07) is 0. The number of quaternary nitrogens is 1. The van der Waals surface area contributed by atoms with Gasteiger partial charge in [0, 0.05) is 12.8 Å². The fourth-order valence-corrected chi connectivity index (χ4v) is 9.81. The van der Waals surface area contributed by atoms with Gasteiger partial charge in [0.25, 0.3) is 7.82 Å². The zero-order valence-electron chi connectivity index (χ0n) is 48.9. The molecule has 0 rings (SSSR count). The highest BCUT2D eigenvalue weighted by Gasteiger charge is 2.22. The number of nitrogens with zero attached hydrogens (tertiary/aromatic N) is 1. The van der Waals surface area contributed by atoms with Crippen LogP contribution in [0.5, 0.6) is 0 Å². The quantitative estimate of drug-likeness (QED) is 0.0195. The molecule has 0 aliphatic rings. The molecule has 0 aromatic carbocycles. The Hall–Kier alpha value is -1.77. The van der Waals surface area contributed by atoms with Gasteiger partial charge in [-0.2, -0.15) is 0 Å². The van der Waals surface area contributed by atoms with Crippen molar-refractivity contribution < 1.29 is 42.1 Å². The van der Waals surface area contributed by atoms with Gasteiger partial charge in [0.2, 0.25) is 0 Å². The first-order valence-corrected chi connectivity index (χ1v) is 32.7. The molecule has 9 nitrogen and oxygen atoms in total. The Morgan fingerprint density at radius 2 is 0.740 bits per heavy atom. The normalized spacial score (nSPS) is 13.5. The van der Waals surface area contributed by atoms with Crippen LogP contribution in [0.3, 0.4) is 0 Å². The fourth-order valence-electron chi connectivity index (χ4n) is 9.08. The standard InChI is InChI=1S/C63H120NO8P/c1-6-8-10-12-14-16-18-20-22-24-26-28-30-31-32-33-34-36-38-40-42-44-46-48-50-52-54-56-63(66)72-61(60-71-73(67,68)70-58-57-64(3,4)5)59-69-62(65)55-53-51-49-47-45-43-41-39-37-35-29-27-25-23-21-19-17-15-13-11-9-7-2/h18,20,24,26,30-31,61H,6-17,19,21-23,25,27-29,32-60H2,1-5H3/b20-18-,26-24-,31-30-. The zero-order chi connectivity index (χ0) is 53.5. The molecule has 0 aliphatic heterocycles. The third-order valence-corrected chi connectivity index (χ3v) is 14.9. The van der Waals surface area contributed by atoms with Crippen LogP contribution in [-0.4, -0.2) is 70.0 Å². The average molecular weight is 1050 g/mol. The number of allylic oxidation sites excluding steroid dienone is 6. The van der Waals surface area contributed by atoms with Crippen LogP contribution >= 0.6 is 7.82 Å². The van der Waals surface area contributed by atoms with Crippen LogP contribution in [0.1, 0.15) is 303 Å². The number of rotatable bonds is 58. The smallest absolute Gasteiger partial charge is 0.306 e. The summed E-state index contributed by atoms with van der Waals surface area (Å²) >= 11 is 0. The van der Waals surface area contributed by atoms with Gasteiger partial charge in [-0.15, -0.1) is 0 Å². The van der Waals surface area contributed by atoms with Crippen molar-refractivity contribution in [3.63, 3.8) is 0 Å². The lowest BCUT2D eigenvalue weighted by molar-refractivity contribution is -0.870. The van der Waals surface area contributed by atoms with E-state index in [9.17, 15) is 19.0 Å². The predicted molar refractivity (Wildman–Crippen MR) is 310 cm³/mol. The maximum absolute atomic E-state index is 12.8. The van der Waals surface area contributed by atoms with Gasteiger partial charge in [-0.25, -0.2) is 0 Å². The third-order valence-electron chi connectivity index (χ3n) is 13.9. The lowest BCUT2D eigenvalue weighted by Gasteiger charge is -2.28. The molecule has 10 heteroatoms. The minimum absolute atomic E-state index is 0.0293. The molecule has 0 spiro atoms. The van der Waals surface area contributed by atoms with Gasteiger partial charge >= 0.3 is 11.9 Å². The summed E-state index contributed by atoms with van der Waals surface area (Å²) in [5.41, 5.74) is 0. The van der Waals surface area contributed by atoms with Gasteiger partial charge in [-0.1, -0.05) is 275 Å². The molecule has 0 aromatic heterocycles. The van der Waals surface area contributed by atoms with Crippen LogP contribution in [0.15, 0.2) is 36.5 Å². The second-order valence-electron chi connectivity index (χ2n) is 22.4. The van der Waals surface area contributed by atoms with Crippen LogP contribution < -0.4 is 4.89 Å². The Morgan fingerprint density at radius 3 is 1.10 bits per heavy atom. The van der Waals surface area contributed by atoms with Crippen molar-refractivity contribution >= 4 is 19.8 Å². The molecule has 0 radical (unpaired) electrons. The van der Waals surface area contributed by atoms with Crippen LogP contribution in [0.2, 0.25) is 0 Å². The molecule has 0 bridgehead atoms. The average Bonchev–Trinajstić information content (AvgIpc) is 3.35. The van der Waals surface area contributed by atoms with E-state index in [1.165, 1.54) is 218 Å². The first kappa shape index (κ1) is 71.2. The molecule has 0 saturated carbocycles. The minimum Gasteiger partial charge on any atom is -0.756 e. The lowest BCUT2D eigenvalue weighted by Crippen LogP contribution is -2.37. The molecule has 0 aliphatic carbocycles. The molecule has 2 atom stereocenters. The van der Waals surface area contributed by atoms with Crippen molar-refractivity contribution in [1.82, 2.24) is 0 Å². The van der Waals surface area contributed by atoms with E-state index in [1.54, 1.807) is 0 Å². The molecular weight excluding hydrogens is 930 g/mol. The maximum Gasteiger partial charge on any atom is 0.306 e. The van der Waals surface area contributed by atoms with E-state index in [0.717, 1.165) is 51.4 Å². The molecule has 0 saturated heterocycles. The van der Waals surface area contributed by atoms with Crippen molar-refractivity contribution in [3.8, 4) is 0 Å². The SMILES string of the molecule is CCCCCCC/C=C\C/C=C\C/C=C\CCCCCCCCCCCCCCC(=O)OC(COC(=O)CCCCCCCCCCCCCCCCCCCCCCCC)COP(=O)([O-])OCC[N+](C)(C)C. The van der Waals surface area contributed by atoms with Gasteiger partial charge in [-0.05, 0) is 51.4 Å². The van der Waals surface area contributed by atoms with Crippen LogP contribution in [0.4, 0.5) is 0 Å². The minimum atomic E-state index is -4.64. The van der Waals surface area contributed by atoms with Gasteiger partial charge in [-0.3, -0.25) is 14.2 Å². The van der Waals surface area contributed by atoms with Gasteiger partial charge in [0.05, 0.1) is 27.7 Å². The van der Waals surface area contributed by atoms with Crippen molar-refractivity contribution in [3.05, 3.63) is 36.5 Å². The highest BCUT2D eigenvalue weighted by atomic mass is 31.2. The van der Waals surface area contributed by atoms with Crippen molar-refractivity contribution in [2.75, 3.05) is 47.5 Å². The zero-order valence-corrected chi connectivity index (χ0v) is 49.7. The van der Waals surface area contributed by atoms with E-state index in [1.807, 2.05) is 21.1 Å².